The zero-order chi connectivity index (χ0) is 11.8. The second-order valence-corrected chi connectivity index (χ2v) is 6.17. The Labute approximate surface area is 104 Å². The number of amides is 1. The van der Waals surface area contributed by atoms with Crippen molar-refractivity contribution in [3.63, 3.8) is 0 Å². The summed E-state index contributed by atoms with van der Waals surface area (Å²) < 4.78 is 0. The Bertz CT molecular complexity index is 305. The van der Waals surface area contributed by atoms with Crippen molar-refractivity contribution >= 4 is 5.91 Å². The van der Waals surface area contributed by atoms with Crippen molar-refractivity contribution in [1.29, 1.82) is 0 Å². The second kappa shape index (κ2) is 4.60. The van der Waals surface area contributed by atoms with E-state index in [1.807, 2.05) is 7.05 Å². The van der Waals surface area contributed by atoms with Gasteiger partial charge in [-0.2, -0.15) is 0 Å². The van der Waals surface area contributed by atoms with E-state index in [1.54, 1.807) is 0 Å². The summed E-state index contributed by atoms with van der Waals surface area (Å²) in [6.45, 7) is 1.96. The summed E-state index contributed by atoms with van der Waals surface area (Å²) in [6.07, 6.45) is 7.60. The molecule has 0 aromatic heterocycles. The zero-order valence-corrected chi connectivity index (χ0v) is 10.8. The Morgan fingerprint density at radius 2 is 2.18 bits per heavy atom. The number of carbonyl (C=O) groups is 1. The lowest BCUT2D eigenvalue weighted by Crippen LogP contribution is -2.44. The summed E-state index contributed by atoms with van der Waals surface area (Å²) in [5, 5.41) is 3.23. The topological polar surface area (TPSA) is 32.3 Å². The van der Waals surface area contributed by atoms with Gasteiger partial charge in [0, 0.05) is 25.0 Å². The molecule has 0 radical (unpaired) electrons. The summed E-state index contributed by atoms with van der Waals surface area (Å²) in [5.41, 5.74) is 0. The standard InChI is InChI=1S/C14H24N2O/c1-15-9-12-3-2-6-16(12)14(17)13-8-10-4-5-11(13)7-10/h10-13,15H,2-9H2,1H3. The fraction of sp³-hybridized carbons (Fsp3) is 0.929. The largest absolute Gasteiger partial charge is 0.338 e. The van der Waals surface area contributed by atoms with Crippen LogP contribution in [0.25, 0.3) is 0 Å². The maximum Gasteiger partial charge on any atom is 0.226 e. The number of nitrogens with one attached hydrogen (secondary N) is 1. The number of carbonyl (C=O) groups excluding carboxylic acids is 1. The molecule has 3 nitrogen and oxygen atoms in total. The van der Waals surface area contributed by atoms with Crippen LogP contribution in [0.1, 0.15) is 38.5 Å². The molecule has 1 amide bonds. The third-order valence-corrected chi connectivity index (χ3v) is 5.16. The number of hydrogen-bond acceptors (Lipinski definition) is 2. The summed E-state index contributed by atoms with van der Waals surface area (Å²) >= 11 is 0. The van der Waals surface area contributed by atoms with Crippen LogP contribution in [0.5, 0.6) is 0 Å². The Balaban J connectivity index is 1.65. The van der Waals surface area contributed by atoms with E-state index in [2.05, 4.69) is 10.2 Å². The van der Waals surface area contributed by atoms with Crippen LogP contribution in [0.2, 0.25) is 0 Å². The molecule has 3 rings (SSSR count). The molecule has 1 saturated heterocycles. The molecule has 4 unspecified atom stereocenters. The minimum atomic E-state index is 0.381. The van der Waals surface area contributed by atoms with Crippen LogP contribution in [-0.4, -0.2) is 37.0 Å². The summed E-state index contributed by atoms with van der Waals surface area (Å²) in [6, 6.07) is 0.464. The highest BCUT2D eigenvalue weighted by Gasteiger charge is 2.45. The van der Waals surface area contributed by atoms with Gasteiger partial charge in [0.05, 0.1) is 0 Å². The quantitative estimate of drug-likeness (QED) is 0.808. The molecule has 4 atom stereocenters. The van der Waals surface area contributed by atoms with E-state index in [0.717, 1.165) is 24.9 Å². The lowest BCUT2D eigenvalue weighted by Gasteiger charge is -2.30. The molecule has 2 saturated carbocycles. The van der Waals surface area contributed by atoms with Gasteiger partial charge in [0.2, 0.25) is 5.91 Å². The third-order valence-electron chi connectivity index (χ3n) is 5.16. The van der Waals surface area contributed by atoms with Crippen LogP contribution in [0.3, 0.4) is 0 Å². The van der Waals surface area contributed by atoms with Gasteiger partial charge >= 0.3 is 0 Å². The van der Waals surface area contributed by atoms with Crippen molar-refractivity contribution in [3.8, 4) is 0 Å². The predicted molar refractivity (Wildman–Crippen MR) is 67.6 cm³/mol. The fourth-order valence-corrected chi connectivity index (χ4v) is 4.33. The van der Waals surface area contributed by atoms with E-state index < -0.39 is 0 Å². The molecule has 1 aliphatic heterocycles. The maximum atomic E-state index is 12.6. The van der Waals surface area contributed by atoms with Crippen molar-refractivity contribution in [2.45, 2.75) is 44.6 Å². The maximum absolute atomic E-state index is 12.6. The van der Waals surface area contributed by atoms with Crippen LogP contribution in [0.15, 0.2) is 0 Å². The smallest absolute Gasteiger partial charge is 0.226 e. The van der Waals surface area contributed by atoms with Gasteiger partial charge in [0.1, 0.15) is 0 Å². The van der Waals surface area contributed by atoms with Gasteiger partial charge in [-0.1, -0.05) is 6.42 Å². The molecule has 0 spiro atoms. The van der Waals surface area contributed by atoms with Crippen molar-refractivity contribution in [2.24, 2.45) is 17.8 Å². The number of nitrogens with zero attached hydrogens (tertiary/aromatic N) is 1. The van der Waals surface area contributed by atoms with E-state index in [4.69, 9.17) is 0 Å². The third kappa shape index (κ3) is 1.99. The van der Waals surface area contributed by atoms with Gasteiger partial charge in [0.25, 0.3) is 0 Å². The molecule has 2 aliphatic carbocycles. The summed E-state index contributed by atoms with van der Waals surface area (Å²) in [7, 11) is 1.98. The first-order valence-electron chi connectivity index (χ1n) is 7.24. The first-order chi connectivity index (χ1) is 8.29. The van der Waals surface area contributed by atoms with Crippen LogP contribution in [-0.2, 0) is 4.79 Å². The van der Waals surface area contributed by atoms with Crippen molar-refractivity contribution in [3.05, 3.63) is 0 Å². The van der Waals surface area contributed by atoms with Crippen molar-refractivity contribution in [1.82, 2.24) is 10.2 Å². The summed E-state index contributed by atoms with van der Waals surface area (Å²) in [5.74, 6) is 2.46. The van der Waals surface area contributed by atoms with E-state index >= 15 is 0 Å². The normalized spacial score (nSPS) is 40.2. The lowest BCUT2D eigenvalue weighted by atomic mass is 9.87. The molecule has 17 heavy (non-hydrogen) atoms. The molecule has 3 heteroatoms. The minimum absolute atomic E-state index is 0.381. The highest BCUT2D eigenvalue weighted by atomic mass is 16.2. The molecule has 0 aromatic carbocycles. The van der Waals surface area contributed by atoms with E-state index in [-0.39, 0.29) is 0 Å². The van der Waals surface area contributed by atoms with Gasteiger partial charge in [-0.3, -0.25) is 4.79 Å². The molecule has 96 valence electrons. The van der Waals surface area contributed by atoms with Crippen LogP contribution in [0.4, 0.5) is 0 Å². The Hall–Kier alpha value is -0.570. The summed E-state index contributed by atoms with van der Waals surface area (Å²) in [4.78, 5) is 14.8. The lowest BCUT2D eigenvalue weighted by molar-refractivity contribution is -0.138. The first kappa shape index (κ1) is 11.5. The molecule has 1 N–H and O–H groups in total. The van der Waals surface area contributed by atoms with Crippen LogP contribution in [0, 0.1) is 17.8 Å². The first-order valence-corrected chi connectivity index (χ1v) is 7.24. The van der Waals surface area contributed by atoms with Gasteiger partial charge in [-0.05, 0) is 51.0 Å². The van der Waals surface area contributed by atoms with Gasteiger partial charge in [-0.25, -0.2) is 0 Å². The predicted octanol–water partition coefficient (Wildman–Crippen LogP) is 1.63. The van der Waals surface area contributed by atoms with Crippen molar-refractivity contribution < 1.29 is 4.79 Å². The van der Waals surface area contributed by atoms with E-state index in [9.17, 15) is 4.79 Å². The van der Waals surface area contributed by atoms with Gasteiger partial charge < -0.3 is 10.2 Å². The number of fused-ring (bicyclic) bond motifs is 2. The molecule has 2 bridgehead atoms. The fourth-order valence-electron chi connectivity index (χ4n) is 4.33. The van der Waals surface area contributed by atoms with Crippen LogP contribution < -0.4 is 5.32 Å². The molecular weight excluding hydrogens is 212 g/mol. The van der Waals surface area contributed by atoms with Crippen LogP contribution >= 0.6 is 0 Å². The van der Waals surface area contributed by atoms with Crippen molar-refractivity contribution in [2.75, 3.05) is 20.1 Å². The second-order valence-electron chi connectivity index (χ2n) is 6.17. The number of hydrogen-bond donors (Lipinski definition) is 1. The number of likely N-dealkylation sites (N-methyl/N-ethyl adjacent to an activating group) is 1. The highest BCUT2D eigenvalue weighted by molar-refractivity contribution is 5.80. The Kier molecular flexibility index (Phi) is 3.12. The van der Waals surface area contributed by atoms with E-state index in [1.165, 1.54) is 38.5 Å². The molecule has 1 heterocycles. The Morgan fingerprint density at radius 3 is 2.82 bits per heavy atom. The average Bonchev–Trinajstić information content (AvgIpc) is 3.03. The average molecular weight is 236 g/mol. The Morgan fingerprint density at radius 1 is 1.29 bits per heavy atom. The van der Waals surface area contributed by atoms with Gasteiger partial charge in [0.15, 0.2) is 0 Å². The highest BCUT2D eigenvalue weighted by Crippen LogP contribution is 2.49. The molecular formula is C14H24N2O. The number of rotatable bonds is 3. The monoisotopic (exact) mass is 236 g/mol. The number of likely N-dealkylation sites (tertiary alicyclic amines) is 1. The molecule has 0 aromatic rings. The minimum Gasteiger partial charge on any atom is -0.338 e. The van der Waals surface area contributed by atoms with E-state index in [0.29, 0.717) is 17.9 Å². The molecule has 3 fully saturated rings. The SMILES string of the molecule is CNCC1CCCN1C(=O)C1CC2CCC1C2. The molecule has 3 aliphatic rings. The zero-order valence-electron chi connectivity index (χ0n) is 10.8. The van der Waals surface area contributed by atoms with Gasteiger partial charge in [-0.15, -0.1) is 0 Å².